The zero-order valence-corrected chi connectivity index (χ0v) is 9.63. The summed E-state index contributed by atoms with van der Waals surface area (Å²) in [6.45, 7) is 0. The van der Waals surface area contributed by atoms with Gasteiger partial charge >= 0.3 is 0 Å². The SMILES string of the molecule is Brc1cc(NC2CCCCC2)ncn1. The molecule has 0 aliphatic heterocycles. The van der Waals surface area contributed by atoms with Gasteiger partial charge in [0.1, 0.15) is 16.7 Å². The highest BCUT2D eigenvalue weighted by Crippen LogP contribution is 2.21. The van der Waals surface area contributed by atoms with Gasteiger partial charge in [-0.1, -0.05) is 19.3 Å². The summed E-state index contributed by atoms with van der Waals surface area (Å²) in [6.07, 6.45) is 8.16. The molecule has 2 rings (SSSR count). The van der Waals surface area contributed by atoms with Crippen LogP contribution in [-0.2, 0) is 0 Å². The van der Waals surface area contributed by atoms with E-state index in [4.69, 9.17) is 0 Å². The standard InChI is InChI=1S/C10H14BrN3/c11-9-6-10(13-7-12-9)14-8-4-2-1-3-5-8/h6-8H,1-5H2,(H,12,13,14). The maximum Gasteiger partial charge on any atom is 0.130 e. The van der Waals surface area contributed by atoms with Gasteiger partial charge in [-0.3, -0.25) is 0 Å². The predicted molar refractivity (Wildman–Crippen MR) is 60.2 cm³/mol. The molecule has 0 saturated heterocycles. The molecule has 76 valence electrons. The van der Waals surface area contributed by atoms with Gasteiger partial charge in [-0.05, 0) is 28.8 Å². The molecule has 1 aliphatic carbocycles. The van der Waals surface area contributed by atoms with Gasteiger partial charge in [0.25, 0.3) is 0 Å². The lowest BCUT2D eigenvalue weighted by molar-refractivity contribution is 0.462. The molecule has 14 heavy (non-hydrogen) atoms. The molecule has 1 aliphatic rings. The number of hydrogen-bond acceptors (Lipinski definition) is 3. The number of nitrogens with one attached hydrogen (secondary N) is 1. The fraction of sp³-hybridized carbons (Fsp3) is 0.600. The first-order valence-electron chi connectivity index (χ1n) is 5.09. The molecule has 4 heteroatoms. The Kier molecular flexibility index (Phi) is 3.35. The van der Waals surface area contributed by atoms with Crippen LogP contribution in [0.25, 0.3) is 0 Å². The normalized spacial score (nSPS) is 18.1. The monoisotopic (exact) mass is 255 g/mol. The van der Waals surface area contributed by atoms with E-state index < -0.39 is 0 Å². The lowest BCUT2D eigenvalue weighted by Crippen LogP contribution is -2.22. The third-order valence-corrected chi connectivity index (χ3v) is 3.02. The van der Waals surface area contributed by atoms with Crippen molar-refractivity contribution in [3.05, 3.63) is 17.0 Å². The summed E-state index contributed by atoms with van der Waals surface area (Å²) in [5, 5.41) is 3.44. The van der Waals surface area contributed by atoms with E-state index in [0.717, 1.165) is 10.4 Å². The Morgan fingerprint density at radius 2 is 2.00 bits per heavy atom. The van der Waals surface area contributed by atoms with Crippen molar-refractivity contribution >= 4 is 21.7 Å². The Bertz CT molecular complexity index is 297. The minimum absolute atomic E-state index is 0.602. The van der Waals surface area contributed by atoms with E-state index in [1.54, 1.807) is 6.33 Å². The fourth-order valence-corrected chi connectivity index (χ4v) is 2.18. The first-order chi connectivity index (χ1) is 6.84. The third kappa shape index (κ3) is 2.67. The third-order valence-electron chi connectivity index (χ3n) is 2.59. The molecule has 0 atom stereocenters. The summed E-state index contributed by atoms with van der Waals surface area (Å²) in [7, 11) is 0. The molecule has 1 saturated carbocycles. The van der Waals surface area contributed by atoms with E-state index in [1.165, 1.54) is 32.1 Å². The van der Waals surface area contributed by atoms with Crippen molar-refractivity contribution in [3.8, 4) is 0 Å². The maximum atomic E-state index is 4.18. The van der Waals surface area contributed by atoms with E-state index in [1.807, 2.05) is 6.07 Å². The first-order valence-corrected chi connectivity index (χ1v) is 5.88. The van der Waals surface area contributed by atoms with Crippen LogP contribution < -0.4 is 5.32 Å². The second kappa shape index (κ2) is 4.73. The predicted octanol–water partition coefficient (Wildman–Crippen LogP) is 2.98. The van der Waals surface area contributed by atoms with Crippen LogP contribution in [0.4, 0.5) is 5.82 Å². The van der Waals surface area contributed by atoms with Gasteiger partial charge in [-0.15, -0.1) is 0 Å². The molecule has 0 unspecified atom stereocenters. The van der Waals surface area contributed by atoms with E-state index in [9.17, 15) is 0 Å². The number of halogens is 1. The quantitative estimate of drug-likeness (QED) is 0.826. The summed E-state index contributed by atoms with van der Waals surface area (Å²) >= 11 is 3.34. The lowest BCUT2D eigenvalue weighted by atomic mass is 9.95. The van der Waals surface area contributed by atoms with Gasteiger partial charge in [0.2, 0.25) is 0 Å². The number of aromatic nitrogens is 2. The van der Waals surface area contributed by atoms with Crippen molar-refractivity contribution in [2.24, 2.45) is 0 Å². The van der Waals surface area contributed by atoms with Gasteiger partial charge in [0.05, 0.1) is 0 Å². The van der Waals surface area contributed by atoms with Crippen molar-refractivity contribution in [3.63, 3.8) is 0 Å². The van der Waals surface area contributed by atoms with Gasteiger partial charge < -0.3 is 5.32 Å². The molecular formula is C10H14BrN3. The Morgan fingerprint density at radius 1 is 1.21 bits per heavy atom. The highest BCUT2D eigenvalue weighted by Gasteiger charge is 2.13. The van der Waals surface area contributed by atoms with Crippen LogP contribution in [0.2, 0.25) is 0 Å². The van der Waals surface area contributed by atoms with E-state index in [-0.39, 0.29) is 0 Å². The second-order valence-corrected chi connectivity index (χ2v) is 4.52. The van der Waals surface area contributed by atoms with Crippen molar-refractivity contribution in [1.29, 1.82) is 0 Å². The van der Waals surface area contributed by atoms with Crippen LogP contribution in [0, 0.1) is 0 Å². The Hall–Kier alpha value is -0.640. The minimum Gasteiger partial charge on any atom is -0.367 e. The molecule has 3 nitrogen and oxygen atoms in total. The van der Waals surface area contributed by atoms with Crippen molar-refractivity contribution in [1.82, 2.24) is 9.97 Å². The molecular weight excluding hydrogens is 242 g/mol. The Labute approximate surface area is 92.5 Å². The van der Waals surface area contributed by atoms with E-state index in [0.29, 0.717) is 6.04 Å². The second-order valence-electron chi connectivity index (χ2n) is 3.71. The van der Waals surface area contributed by atoms with Crippen LogP contribution >= 0.6 is 15.9 Å². The molecule has 0 radical (unpaired) electrons. The number of rotatable bonds is 2. The van der Waals surface area contributed by atoms with Crippen molar-refractivity contribution in [2.45, 2.75) is 38.1 Å². The fourth-order valence-electron chi connectivity index (χ4n) is 1.87. The van der Waals surface area contributed by atoms with Crippen LogP contribution in [0.15, 0.2) is 17.0 Å². The molecule has 1 aromatic rings. The molecule has 1 aromatic heterocycles. The van der Waals surface area contributed by atoms with Crippen molar-refractivity contribution < 1.29 is 0 Å². The van der Waals surface area contributed by atoms with E-state index >= 15 is 0 Å². The van der Waals surface area contributed by atoms with Gasteiger partial charge in [-0.2, -0.15) is 0 Å². The number of nitrogens with zero attached hydrogens (tertiary/aromatic N) is 2. The first kappa shape index (κ1) is 9.90. The topological polar surface area (TPSA) is 37.8 Å². The average Bonchev–Trinajstić information content (AvgIpc) is 2.19. The lowest BCUT2D eigenvalue weighted by Gasteiger charge is -2.23. The largest absolute Gasteiger partial charge is 0.367 e. The summed E-state index contributed by atoms with van der Waals surface area (Å²) in [4.78, 5) is 8.18. The van der Waals surface area contributed by atoms with Crippen LogP contribution in [0.1, 0.15) is 32.1 Å². The molecule has 0 bridgehead atoms. The molecule has 0 spiro atoms. The molecule has 1 heterocycles. The Balaban J connectivity index is 1.95. The molecule has 1 N–H and O–H groups in total. The Morgan fingerprint density at radius 3 is 2.71 bits per heavy atom. The summed E-state index contributed by atoms with van der Waals surface area (Å²) in [6, 6.07) is 2.53. The highest BCUT2D eigenvalue weighted by atomic mass is 79.9. The van der Waals surface area contributed by atoms with E-state index in [2.05, 4.69) is 31.2 Å². The average molecular weight is 256 g/mol. The summed E-state index contributed by atoms with van der Waals surface area (Å²) in [5.74, 6) is 0.929. The number of anilines is 1. The van der Waals surface area contributed by atoms with Gasteiger partial charge in [0, 0.05) is 12.1 Å². The van der Waals surface area contributed by atoms with Gasteiger partial charge in [0.15, 0.2) is 0 Å². The summed E-state index contributed by atoms with van der Waals surface area (Å²) in [5.41, 5.74) is 0. The summed E-state index contributed by atoms with van der Waals surface area (Å²) < 4.78 is 0.839. The highest BCUT2D eigenvalue weighted by molar-refractivity contribution is 9.10. The van der Waals surface area contributed by atoms with Crippen LogP contribution in [0.3, 0.4) is 0 Å². The zero-order chi connectivity index (χ0) is 9.80. The molecule has 0 amide bonds. The van der Waals surface area contributed by atoms with Crippen LogP contribution in [-0.4, -0.2) is 16.0 Å². The van der Waals surface area contributed by atoms with Crippen molar-refractivity contribution in [2.75, 3.05) is 5.32 Å². The van der Waals surface area contributed by atoms with Crippen LogP contribution in [0.5, 0.6) is 0 Å². The molecule has 1 fully saturated rings. The number of hydrogen-bond donors (Lipinski definition) is 1. The maximum absolute atomic E-state index is 4.18. The van der Waals surface area contributed by atoms with Gasteiger partial charge in [-0.25, -0.2) is 9.97 Å². The zero-order valence-electron chi connectivity index (χ0n) is 8.04. The minimum atomic E-state index is 0.602. The molecule has 0 aromatic carbocycles. The smallest absolute Gasteiger partial charge is 0.130 e.